The minimum Gasteiger partial charge on any atom is -0.484 e. The van der Waals surface area contributed by atoms with Gasteiger partial charge in [0.1, 0.15) is 11.6 Å². The first-order valence-corrected chi connectivity index (χ1v) is 9.50. The van der Waals surface area contributed by atoms with Crippen molar-refractivity contribution in [2.45, 2.75) is 46.0 Å². The fraction of sp³-hybridized carbons (Fsp3) is 0.500. The van der Waals surface area contributed by atoms with Crippen molar-refractivity contribution in [1.29, 1.82) is 0 Å². The number of rotatable bonds is 9. The maximum Gasteiger partial charge on any atom is 0.422 e. The summed E-state index contributed by atoms with van der Waals surface area (Å²) in [6, 6.07) is 5.21. The van der Waals surface area contributed by atoms with Crippen molar-refractivity contribution in [3.63, 3.8) is 0 Å². The van der Waals surface area contributed by atoms with Gasteiger partial charge in [-0.05, 0) is 38.3 Å². The lowest BCUT2D eigenvalue weighted by Crippen LogP contribution is -2.37. The molecular formula is C20H28F3N5O. The Kier molecular flexibility index (Phi) is 8.35. The highest BCUT2D eigenvalue weighted by Gasteiger charge is 2.28. The molecule has 0 spiro atoms. The first kappa shape index (κ1) is 22.6. The van der Waals surface area contributed by atoms with Crippen molar-refractivity contribution in [1.82, 2.24) is 20.2 Å². The van der Waals surface area contributed by atoms with Gasteiger partial charge in [-0.3, -0.25) is 4.99 Å². The Morgan fingerprint density at radius 3 is 2.66 bits per heavy atom. The van der Waals surface area contributed by atoms with Crippen LogP contribution in [0.1, 0.15) is 29.8 Å². The van der Waals surface area contributed by atoms with Gasteiger partial charge in [0.05, 0.1) is 0 Å². The van der Waals surface area contributed by atoms with Gasteiger partial charge in [0.25, 0.3) is 0 Å². The van der Waals surface area contributed by atoms with Crippen LogP contribution in [-0.2, 0) is 13.1 Å². The third-order valence-corrected chi connectivity index (χ3v) is 4.33. The molecule has 0 unspecified atom stereocenters. The fourth-order valence-corrected chi connectivity index (χ4v) is 2.76. The Hall–Kier alpha value is -2.71. The van der Waals surface area contributed by atoms with Gasteiger partial charge in [0.15, 0.2) is 12.6 Å². The smallest absolute Gasteiger partial charge is 0.422 e. The SMILES string of the molecule is CN=C(NCCCCn1ccnc1C)NCc1ccc(C)cc1OCC(F)(F)F. The number of imidazole rings is 1. The molecule has 0 aliphatic rings. The summed E-state index contributed by atoms with van der Waals surface area (Å²) in [5.74, 6) is 1.81. The van der Waals surface area contributed by atoms with Crippen LogP contribution in [0.15, 0.2) is 35.6 Å². The highest BCUT2D eigenvalue weighted by atomic mass is 19.4. The normalized spacial score (nSPS) is 12.1. The Bertz CT molecular complexity index is 802. The Balaban J connectivity index is 1.79. The number of alkyl halides is 3. The number of aryl methyl sites for hydroxylation is 3. The second-order valence-electron chi connectivity index (χ2n) is 6.74. The summed E-state index contributed by atoms with van der Waals surface area (Å²) in [7, 11) is 1.65. The highest BCUT2D eigenvalue weighted by Crippen LogP contribution is 2.23. The minimum absolute atomic E-state index is 0.223. The van der Waals surface area contributed by atoms with Gasteiger partial charge in [-0.2, -0.15) is 13.2 Å². The standard InChI is InChI=1S/C20H28F3N5O/c1-15-6-7-17(18(12-15)29-14-20(21,22)23)13-27-19(24-3)26-8-4-5-10-28-11-9-25-16(28)2/h6-7,9,11-12H,4-5,8,10,13-14H2,1-3H3,(H2,24,26,27). The van der Waals surface area contributed by atoms with Crippen molar-refractivity contribution in [2.75, 3.05) is 20.2 Å². The van der Waals surface area contributed by atoms with Gasteiger partial charge >= 0.3 is 6.18 Å². The second-order valence-corrected chi connectivity index (χ2v) is 6.74. The van der Waals surface area contributed by atoms with E-state index < -0.39 is 12.8 Å². The van der Waals surface area contributed by atoms with E-state index in [4.69, 9.17) is 4.74 Å². The third-order valence-electron chi connectivity index (χ3n) is 4.33. The molecule has 0 aliphatic carbocycles. The first-order chi connectivity index (χ1) is 13.8. The van der Waals surface area contributed by atoms with Crippen molar-refractivity contribution >= 4 is 5.96 Å². The fourth-order valence-electron chi connectivity index (χ4n) is 2.76. The molecule has 0 saturated carbocycles. The topological polar surface area (TPSA) is 63.5 Å². The average Bonchev–Trinajstić information content (AvgIpc) is 3.07. The van der Waals surface area contributed by atoms with Crippen molar-refractivity contribution in [3.8, 4) is 5.75 Å². The molecular weight excluding hydrogens is 383 g/mol. The Morgan fingerprint density at radius 1 is 1.21 bits per heavy atom. The monoisotopic (exact) mass is 411 g/mol. The van der Waals surface area contributed by atoms with E-state index in [0.29, 0.717) is 18.1 Å². The number of ether oxygens (including phenoxy) is 1. The zero-order valence-electron chi connectivity index (χ0n) is 17.0. The number of halogens is 3. The number of nitrogens with one attached hydrogen (secondary N) is 2. The van der Waals surface area contributed by atoms with Crippen LogP contribution < -0.4 is 15.4 Å². The number of aliphatic imine (C=N–C) groups is 1. The summed E-state index contributed by atoms with van der Waals surface area (Å²) in [6.07, 6.45) is 1.32. The number of nitrogens with zero attached hydrogens (tertiary/aromatic N) is 3. The molecule has 0 saturated heterocycles. The largest absolute Gasteiger partial charge is 0.484 e. The predicted octanol–water partition coefficient (Wildman–Crippen LogP) is 3.59. The van der Waals surface area contributed by atoms with Crippen LogP contribution in [0.5, 0.6) is 5.75 Å². The van der Waals surface area contributed by atoms with Gasteiger partial charge in [-0.15, -0.1) is 0 Å². The summed E-state index contributed by atoms with van der Waals surface area (Å²) < 4.78 is 44.5. The maximum atomic E-state index is 12.5. The number of aromatic nitrogens is 2. The molecule has 9 heteroatoms. The molecule has 6 nitrogen and oxygen atoms in total. The molecule has 2 N–H and O–H groups in total. The summed E-state index contributed by atoms with van der Waals surface area (Å²) >= 11 is 0. The van der Waals surface area contributed by atoms with Crippen molar-refractivity contribution in [3.05, 3.63) is 47.5 Å². The molecule has 1 aromatic heterocycles. The Labute approximate surface area is 169 Å². The van der Waals surface area contributed by atoms with Crippen molar-refractivity contribution < 1.29 is 17.9 Å². The molecule has 0 aliphatic heterocycles. The molecule has 0 amide bonds. The number of hydrogen-bond donors (Lipinski definition) is 2. The van der Waals surface area contributed by atoms with Crippen LogP contribution in [0.25, 0.3) is 0 Å². The lowest BCUT2D eigenvalue weighted by atomic mass is 10.1. The van der Waals surface area contributed by atoms with E-state index in [1.165, 1.54) is 0 Å². The highest BCUT2D eigenvalue weighted by molar-refractivity contribution is 5.79. The van der Waals surface area contributed by atoms with E-state index >= 15 is 0 Å². The summed E-state index contributed by atoms with van der Waals surface area (Å²) in [6.45, 7) is 4.42. The minimum atomic E-state index is -4.37. The van der Waals surface area contributed by atoms with E-state index in [2.05, 4.69) is 25.2 Å². The van der Waals surface area contributed by atoms with Gasteiger partial charge < -0.3 is 19.9 Å². The molecule has 160 valence electrons. The van der Waals surface area contributed by atoms with Gasteiger partial charge in [-0.1, -0.05) is 12.1 Å². The number of unbranched alkanes of at least 4 members (excludes halogenated alkanes) is 1. The quantitative estimate of drug-likeness (QED) is 0.376. The zero-order chi connectivity index (χ0) is 21.3. The number of hydrogen-bond acceptors (Lipinski definition) is 3. The molecule has 0 fully saturated rings. The summed E-state index contributed by atoms with van der Waals surface area (Å²) in [4.78, 5) is 8.35. The van der Waals surface area contributed by atoms with E-state index in [1.807, 2.05) is 26.1 Å². The number of benzene rings is 1. The third kappa shape index (κ3) is 8.05. The molecule has 0 bridgehead atoms. The van der Waals surface area contributed by atoms with Crippen LogP contribution >= 0.6 is 0 Å². The number of guanidine groups is 1. The van der Waals surface area contributed by atoms with Gasteiger partial charge in [0, 0.05) is 44.6 Å². The average molecular weight is 411 g/mol. The zero-order valence-corrected chi connectivity index (χ0v) is 17.0. The Morgan fingerprint density at radius 2 is 2.00 bits per heavy atom. The first-order valence-electron chi connectivity index (χ1n) is 9.50. The molecule has 29 heavy (non-hydrogen) atoms. The van der Waals surface area contributed by atoms with Crippen LogP contribution in [0, 0.1) is 13.8 Å². The van der Waals surface area contributed by atoms with Crippen LogP contribution in [-0.4, -0.2) is 41.9 Å². The second kappa shape index (κ2) is 10.7. The van der Waals surface area contributed by atoms with Gasteiger partial charge in [0.2, 0.25) is 0 Å². The van der Waals surface area contributed by atoms with E-state index in [1.54, 1.807) is 25.4 Å². The predicted molar refractivity (Wildman–Crippen MR) is 107 cm³/mol. The van der Waals surface area contributed by atoms with Crippen molar-refractivity contribution in [2.24, 2.45) is 4.99 Å². The maximum absolute atomic E-state index is 12.5. The lowest BCUT2D eigenvalue weighted by molar-refractivity contribution is -0.153. The summed E-state index contributed by atoms with van der Waals surface area (Å²) in [5, 5.41) is 6.33. The summed E-state index contributed by atoms with van der Waals surface area (Å²) in [5.41, 5.74) is 1.47. The van der Waals surface area contributed by atoms with Gasteiger partial charge in [-0.25, -0.2) is 4.98 Å². The van der Waals surface area contributed by atoms with Crippen LogP contribution in [0.3, 0.4) is 0 Å². The van der Waals surface area contributed by atoms with E-state index in [-0.39, 0.29) is 5.75 Å². The molecule has 1 heterocycles. The molecule has 2 rings (SSSR count). The molecule has 1 aromatic carbocycles. The van der Waals surface area contributed by atoms with E-state index in [0.717, 1.165) is 37.3 Å². The van der Waals surface area contributed by atoms with E-state index in [9.17, 15) is 13.2 Å². The molecule has 0 atom stereocenters. The van der Waals surface area contributed by atoms with Crippen LogP contribution in [0.2, 0.25) is 0 Å². The lowest BCUT2D eigenvalue weighted by Gasteiger charge is -2.16. The molecule has 0 radical (unpaired) electrons. The molecule has 2 aromatic rings. The van der Waals surface area contributed by atoms with Crippen LogP contribution in [0.4, 0.5) is 13.2 Å².